The molecule has 1 heterocycles. The lowest BCUT2D eigenvalue weighted by atomic mass is 10.2. The van der Waals surface area contributed by atoms with Crippen LogP contribution in [0.1, 0.15) is 23.5 Å². The largest absolute Gasteiger partial charge is 0.293 e. The van der Waals surface area contributed by atoms with Gasteiger partial charge >= 0.3 is 0 Å². The van der Waals surface area contributed by atoms with Gasteiger partial charge in [-0.25, -0.2) is 4.98 Å². The number of hydrogen-bond donors (Lipinski definition) is 0. The first-order valence-electron chi connectivity index (χ1n) is 7.36. The number of benzene rings is 2. The maximum Gasteiger partial charge on any atom is 0.111 e. The second kappa shape index (κ2) is 6.82. The fraction of sp³-hybridized carbons (Fsp3) is 0.278. The van der Waals surface area contributed by atoms with E-state index in [0.717, 1.165) is 12.1 Å². The number of aromatic nitrogens is 1. The minimum Gasteiger partial charge on any atom is -0.293 e. The molecule has 4 heteroatoms. The molecule has 0 amide bonds. The van der Waals surface area contributed by atoms with Crippen LogP contribution < -0.4 is 0 Å². The van der Waals surface area contributed by atoms with Crippen molar-refractivity contribution in [1.82, 2.24) is 9.88 Å². The van der Waals surface area contributed by atoms with Gasteiger partial charge < -0.3 is 0 Å². The minimum atomic E-state index is 0.317. The number of hydrogen-bond acceptors (Lipinski definition) is 4. The van der Waals surface area contributed by atoms with Crippen LogP contribution in [0.3, 0.4) is 0 Å². The van der Waals surface area contributed by atoms with Crippen LogP contribution in [0.2, 0.25) is 0 Å². The Morgan fingerprint density at radius 2 is 1.86 bits per heavy atom. The molecule has 0 unspecified atom stereocenters. The van der Waals surface area contributed by atoms with Crippen LogP contribution in [0, 0.1) is 0 Å². The van der Waals surface area contributed by atoms with Gasteiger partial charge in [0.1, 0.15) is 5.01 Å². The van der Waals surface area contributed by atoms with Gasteiger partial charge in [0.2, 0.25) is 0 Å². The summed E-state index contributed by atoms with van der Waals surface area (Å²) >= 11 is 3.57. The average molecular weight is 329 g/mol. The lowest BCUT2D eigenvalue weighted by Gasteiger charge is -2.23. The third-order valence-electron chi connectivity index (χ3n) is 3.92. The van der Waals surface area contributed by atoms with Crippen molar-refractivity contribution in [3.05, 3.63) is 59.1 Å². The van der Waals surface area contributed by atoms with E-state index in [1.165, 1.54) is 20.2 Å². The van der Waals surface area contributed by atoms with Crippen molar-refractivity contribution in [2.45, 2.75) is 24.4 Å². The van der Waals surface area contributed by atoms with Crippen LogP contribution in [0.25, 0.3) is 10.2 Å². The van der Waals surface area contributed by atoms with Gasteiger partial charge in [-0.1, -0.05) is 24.3 Å². The summed E-state index contributed by atoms with van der Waals surface area (Å²) in [4.78, 5) is 8.44. The molecule has 0 bridgehead atoms. The summed E-state index contributed by atoms with van der Waals surface area (Å²) in [5.74, 6) is 0. The highest BCUT2D eigenvalue weighted by Gasteiger charge is 2.16. The Kier molecular flexibility index (Phi) is 4.81. The highest BCUT2D eigenvalue weighted by Crippen LogP contribution is 2.29. The molecule has 1 aromatic heterocycles. The summed E-state index contributed by atoms with van der Waals surface area (Å²) in [6, 6.07) is 17.5. The summed E-state index contributed by atoms with van der Waals surface area (Å²) in [6.45, 7) is 3.17. The third kappa shape index (κ3) is 3.35. The van der Waals surface area contributed by atoms with Crippen LogP contribution in [-0.4, -0.2) is 23.2 Å². The van der Waals surface area contributed by atoms with Gasteiger partial charge in [0, 0.05) is 11.4 Å². The Morgan fingerprint density at radius 3 is 2.55 bits per heavy atom. The molecule has 3 rings (SSSR count). The molecule has 0 N–H and O–H groups in total. The standard InChI is InChI=1S/C18H20N2S2/c1-13(18-19-16-6-4-5-7-17(16)22-18)20(2)12-14-8-10-15(21-3)11-9-14/h4-11,13H,12H2,1-3H3/t13-/m0/s1. The van der Waals surface area contributed by atoms with Crippen molar-refractivity contribution in [2.75, 3.05) is 13.3 Å². The third-order valence-corrected chi connectivity index (χ3v) is 5.87. The van der Waals surface area contributed by atoms with Crippen molar-refractivity contribution < 1.29 is 0 Å². The summed E-state index contributed by atoms with van der Waals surface area (Å²) in [7, 11) is 2.17. The van der Waals surface area contributed by atoms with Crippen LogP contribution in [0.15, 0.2) is 53.4 Å². The molecule has 0 spiro atoms. The smallest absolute Gasteiger partial charge is 0.111 e. The van der Waals surface area contributed by atoms with E-state index >= 15 is 0 Å². The summed E-state index contributed by atoms with van der Waals surface area (Å²) < 4.78 is 1.27. The highest BCUT2D eigenvalue weighted by molar-refractivity contribution is 7.98. The molecule has 0 saturated heterocycles. The molecule has 114 valence electrons. The molecule has 0 aliphatic rings. The molecule has 2 nitrogen and oxygen atoms in total. The van der Waals surface area contributed by atoms with E-state index in [4.69, 9.17) is 4.98 Å². The zero-order valence-corrected chi connectivity index (χ0v) is 14.7. The first-order chi connectivity index (χ1) is 10.7. The van der Waals surface area contributed by atoms with E-state index in [0.29, 0.717) is 6.04 Å². The Morgan fingerprint density at radius 1 is 1.14 bits per heavy atom. The zero-order chi connectivity index (χ0) is 15.5. The SMILES string of the molecule is CSc1ccc(CN(C)[C@@H](C)c2nc3ccccc3s2)cc1. The summed E-state index contributed by atoms with van der Waals surface area (Å²) in [5.41, 5.74) is 2.44. The van der Waals surface area contributed by atoms with Gasteiger partial charge in [0.25, 0.3) is 0 Å². The molecule has 1 atom stereocenters. The predicted octanol–water partition coefficient (Wildman–Crippen LogP) is 5.21. The first kappa shape index (κ1) is 15.5. The van der Waals surface area contributed by atoms with Crippen molar-refractivity contribution in [3.63, 3.8) is 0 Å². The number of thioether (sulfide) groups is 1. The van der Waals surface area contributed by atoms with E-state index in [1.807, 2.05) is 6.07 Å². The fourth-order valence-corrected chi connectivity index (χ4v) is 3.91. The monoisotopic (exact) mass is 328 g/mol. The van der Waals surface area contributed by atoms with Gasteiger partial charge in [-0.2, -0.15) is 0 Å². The van der Waals surface area contributed by atoms with Gasteiger partial charge in [-0.3, -0.25) is 4.90 Å². The van der Waals surface area contributed by atoms with Crippen molar-refractivity contribution in [3.8, 4) is 0 Å². The first-order valence-corrected chi connectivity index (χ1v) is 9.40. The maximum absolute atomic E-state index is 4.78. The van der Waals surface area contributed by atoms with Gasteiger partial charge in [-0.15, -0.1) is 23.1 Å². The second-order valence-electron chi connectivity index (χ2n) is 5.46. The molecule has 2 aromatic carbocycles. The van der Waals surface area contributed by atoms with Gasteiger partial charge in [0.05, 0.1) is 16.3 Å². The van der Waals surface area contributed by atoms with Crippen molar-refractivity contribution >= 4 is 33.3 Å². The van der Waals surface area contributed by atoms with E-state index in [1.54, 1.807) is 23.1 Å². The van der Waals surface area contributed by atoms with E-state index < -0.39 is 0 Å². The Labute approximate surface area is 140 Å². The van der Waals surface area contributed by atoms with Crippen LogP contribution >= 0.6 is 23.1 Å². The normalized spacial score (nSPS) is 12.9. The molecule has 0 aliphatic carbocycles. The van der Waals surface area contributed by atoms with Gasteiger partial charge in [0.15, 0.2) is 0 Å². The van der Waals surface area contributed by atoms with Crippen LogP contribution in [0.5, 0.6) is 0 Å². The molecule has 0 aliphatic heterocycles. The Balaban J connectivity index is 1.74. The zero-order valence-electron chi connectivity index (χ0n) is 13.1. The number of para-hydroxylation sites is 1. The van der Waals surface area contributed by atoms with E-state index in [2.05, 4.69) is 67.6 Å². The minimum absolute atomic E-state index is 0.317. The van der Waals surface area contributed by atoms with Crippen LogP contribution in [-0.2, 0) is 6.54 Å². The quantitative estimate of drug-likeness (QED) is 0.598. The lowest BCUT2D eigenvalue weighted by molar-refractivity contribution is 0.253. The fourth-order valence-electron chi connectivity index (χ4n) is 2.41. The topological polar surface area (TPSA) is 16.1 Å². The molecule has 3 aromatic rings. The number of nitrogens with zero attached hydrogens (tertiary/aromatic N) is 2. The molecule has 0 fully saturated rings. The van der Waals surface area contributed by atoms with Crippen molar-refractivity contribution in [2.24, 2.45) is 0 Å². The molecule has 0 saturated carbocycles. The predicted molar refractivity (Wildman–Crippen MR) is 97.7 cm³/mol. The Bertz CT molecular complexity index is 716. The van der Waals surface area contributed by atoms with Gasteiger partial charge in [-0.05, 0) is 50.1 Å². The van der Waals surface area contributed by atoms with Crippen LogP contribution in [0.4, 0.5) is 0 Å². The van der Waals surface area contributed by atoms with E-state index in [-0.39, 0.29) is 0 Å². The molecular weight excluding hydrogens is 308 g/mol. The number of fused-ring (bicyclic) bond motifs is 1. The highest BCUT2D eigenvalue weighted by atomic mass is 32.2. The van der Waals surface area contributed by atoms with Crippen molar-refractivity contribution in [1.29, 1.82) is 0 Å². The second-order valence-corrected chi connectivity index (χ2v) is 7.40. The Hall–Kier alpha value is -1.36. The molecular formula is C18H20N2S2. The summed E-state index contributed by atoms with van der Waals surface area (Å²) in [6.07, 6.45) is 2.11. The number of rotatable bonds is 5. The molecule has 22 heavy (non-hydrogen) atoms. The lowest BCUT2D eigenvalue weighted by Crippen LogP contribution is -2.21. The maximum atomic E-state index is 4.78. The average Bonchev–Trinajstić information content (AvgIpc) is 2.98. The number of thiazole rings is 1. The van der Waals surface area contributed by atoms with E-state index in [9.17, 15) is 0 Å². The molecule has 0 radical (unpaired) electrons. The summed E-state index contributed by atoms with van der Waals surface area (Å²) in [5, 5.41) is 1.18.